The molecule has 0 unspecified atom stereocenters. The normalized spacial score (nSPS) is 13.9. The highest BCUT2D eigenvalue weighted by Gasteiger charge is 2.36. The number of esters is 1. The molecule has 1 heterocycles. The SMILES string of the molecule is COC(=O)CN1C(=O)c2ccccc2C1=O. The molecule has 0 N–H and O–H groups in total. The number of fused-ring (bicyclic) bond motifs is 1. The van der Waals surface area contributed by atoms with Crippen molar-refractivity contribution in [1.29, 1.82) is 0 Å². The molecule has 1 aliphatic heterocycles. The number of hydrogen-bond donors (Lipinski definition) is 0. The van der Waals surface area contributed by atoms with Gasteiger partial charge in [0.2, 0.25) is 0 Å². The molecule has 1 aromatic carbocycles. The number of carbonyl (C=O) groups is 3. The van der Waals surface area contributed by atoms with Gasteiger partial charge in [-0.05, 0) is 12.1 Å². The maximum absolute atomic E-state index is 11.8. The van der Waals surface area contributed by atoms with E-state index >= 15 is 0 Å². The van der Waals surface area contributed by atoms with Crippen LogP contribution >= 0.6 is 0 Å². The van der Waals surface area contributed by atoms with Gasteiger partial charge < -0.3 is 4.74 Å². The molecule has 0 spiro atoms. The Morgan fingerprint density at radius 2 is 1.69 bits per heavy atom. The Morgan fingerprint density at radius 3 is 2.12 bits per heavy atom. The molecule has 1 aliphatic rings. The first-order valence-corrected chi connectivity index (χ1v) is 4.67. The van der Waals surface area contributed by atoms with Crippen LogP contribution in [0.3, 0.4) is 0 Å². The number of rotatable bonds is 2. The summed E-state index contributed by atoms with van der Waals surface area (Å²) in [6.45, 7) is -0.344. The number of hydrogen-bond acceptors (Lipinski definition) is 4. The van der Waals surface area contributed by atoms with Gasteiger partial charge in [-0.25, -0.2) is 0 Å². The number of carbonyl (C=O) groups excluding carboxylic acids is 3. The molecule has 0 saturated carbocycles. The Bertz CT molecular complexity index is 446. The van der Waals surface area contributed by atoms with Gasteiger partial charge in [-0.3, -0.25) is 19.3 Å². The number of benzene rings is 1. The Balaban J connectivity index is 2.32. The molecular formula is C11H9NO4. The van der Waals surface area contributed by atoms with Crippen LogP contribution < -0.4 is 0 Å². The fraction of sp³-hybridized carbons (Fsp3) is 0.182. The van der Waals surface area contributed by atoms with Crippen molar-refractivity contribution in [3.05, 3.63) is 35.4 Å². The molecule has 2 amide bonds. The topological polar surface area (TPSA) is 63.7 Å². The van der Waals surface area contributed by atoms with Crippen LogP contribution in [0, 0.1) is 0 Å². The van der Waals surface area contributed by atoms with E-state index in [2.05, 4.69) is 4.74 Å². The van der Waals surface area contributed by atoms with Gasteiger partial charge >= 0.3 is 5.97 Å². The number of ether oxygens (including phenoxy) is 1. The third-order valence-electron chi connectivity index (χ3n) is 2.39. The highest BCUT2D eigenvalue weighted by Crippen LogP contribution is 2.21. The summed E-state index contributed by atoms with van der Waals surface area (Å²) in [5.41, 5.74) is 0.660. The van der Waals surface area contributed by atoms with Crippen molar-refractivity contribution >= 4 is 17.8 Å². The molecule has 16 heavy (non-hydrogen) atoms. The Labute approximate surface area is 91.6 Å². The van der Waals surface area contributed by atoms with Gasteiger partial charge in [-0.1, -0.05) is 12.1 Å². The van der Waals surface area contributed by atoms with Crippen molar-refractivity contribution in [2.24, 2.45) is 0 Å². The van der Waals surface area contributed by atoms with Gasteiger partial charge in [-0.2, -0.15) is 0 Å². The van der Waals surface area contributed by atoms with Crippen LogP contribution in [0.1, 0.15) is 20.7 Å². The lowest BCUT2D eigenvalue weighted by Gasteiger charge is -2.11. The number of methoxy groups -OCH3 is 1. The minimum absolute atomic E-state index is 0.330. The van der Waals surface area contributed by atoms with E-state index in [9.17, 15) is 14.4 Å². The molecule has 2 rings (SSSR count). The molecule has 5 heteroatoms. The lowest BCUT2D eigenvalue weighted by molar-refractivity contribution is -0.140. The molecule has 0 aliphatic carbocycles. The van der Waals surface area contributed by atoms with E-state index in [1.807, 2.05) is 0 Å². The van der Waals surface area contributed by atoms with Gasteiger partial charge in [0.15, 0.2) is 0 Å². The van der Waals surface area contributed by atoms with Crippen LogP contribution in [0.2, 0.25) is 0 Å². The first kappa shape index (κ1) is 10.4. The smallest absolute Gasteiger partial charge is 0.325 e. The average molecular weight is 219 g/mol. The molecule has 0 radical (unpaired) electrons. The van der Waals surface area contributed by atoms with Crippen LogP contribution in [-0.2, 0) is 9.53 Å². The summed E-state index contributed by atoms with van der Waals surface area (Å²) in [5.74, 6) is -1.52. The maximum Gasteiger partial charge on any atom is 0.325 e. The summed E-state index contributed by atoms with van der Waals surface area (Å²) in [6, 6.07) is 6.47. The first-order chi connectivity index (χ1) is 7.65. The number of nitrogens with zero attached hydrogens (tertiary/aromatic N) is 1. The largest absolute Gasteiger partial charge is 0.468 e. The van der Waals surface area contributed by atoms with E-state index in [1.165, 1.54) is 7.11 Å². The average Bonchev–Trinajstić information content (AvgIpc) is 2.55. The molecule has 0 saturated heterocycles. The summed E-state index contributed by atoms with van der Waals surface area (Å²) in [4.78, 5) is 35.4. The second-order valence-electron chi connectivity index (χ2n) is 3.32. The van der Waals surface area contributed by atoms with Crippen molar-refractivity contribution in [3.8, 4) is 0 Å². The first-order valence-electron chi connectivity index (χ1n) is 4.67. The summed E-state index contributed by atoms with van der Waals surface area (Å²) < 4.78 is 4.42. The second-order valence-corrected chi connectivity index (χ2v) is 3.32. The van der Waals surface area contributed by atoms with Crippen molar-refractivity contribution in [1.82, 2.24) is 4.90 Å². The van der Waals surface area contributed by atoms with Crippen LogP contribution in [-0.4, -0.2) is 36.3 Å². The van der Waals surface area contributed by atoms with Crippen LogP contribution in [0.15, 0.2) is 24.3 Å². The summed E-state index contributed by atoms with van der Waals surface area (Å²) in [6.07, 6.45) is 0. The van der Waals surface area contributed by atoms with Gasteiger partial charge in [0.05, 0.1) is 18.2 Å². The van der Waals surface area contributed by atoms with E-state index in [0.717, 1.165) is 4.90 Å². The van der Waals surface area contributed by atoms with Crippen LogP contribution in [0.4, 0.5) is 0 Å². The zero-order chi connectivity index (χ0) is 11.7. The fourth-order valence-corrected chi connectivity index (χ4v) is 1.58. The lowest BCUT2D eigenvalue weighted by Crippen LogP contribution is -2.35. The fourth-order valence-electron chi connectivity index (χ4n) is 1.58. The van der Waals surface area contributed by atoms with E-state index in [1.54, 1.807) is 24.3 Å². The monoisotopic (exact) mass is 219 g/mol. The number of imide groups is 1. The second kappa shape index (κ2) is 3.77. The van der Waals surface area contributed by atoms with E-state index in [4.69, 9.17) is 0 Å². The highest BCUT2D eigenvalue weighted by atomic mass is 16.5. The van der Waals surface area contributed by atoms with E-state index < -0.39 is 17.8 Å². The van der Waals surface area contributed by atoms with Crippen molar-refractivity contribution < 1.29 is 19.1 Å². The molecule has 0 atom stereocenters. The summed E-state index contributed by atoms with van der Waals surface area (Å²) in [5, 5.41) is 0. The van der Waals surface area contributed by atoms with Gasteiger partial charge in [0.1, 0.15) is 6.54 Å². The standard InChI is InChI=1S/C11H9NO4/c1-16-9(13)6-12-10(14)7-4-2-3-5-8(7)11(12)15/h2-5H,6H2,1H3. The number of amides is 2. The molecular weight excluding hydrogens is 210 g/mol. The van der Waals surface area contributed by atoms with Gasteiger partial charge in [0.25, 0.3) is 11.8 Å². The van der Waals surface area contributed by atoms with Crippen LogP contribution in [0.5, 0.6) is 0 Å². The summed E-state index contributed by atoms with van der Waals surface area (Å²) in [7, 11) is 1.21. The van der Waals surface area contributed by atoms with Gasteiger partial charge in [0, 0.05) is 0 Å². The minimum atomic E-state index is -0.616. The van der Waals surface area contributed by atoms with E-state index in [0.29, 0.717) is 11.1 Å². The molecule has 5 nitrogen and oxygen atoms in total. The van der Waals surface area contributed by atoms with Gasteiger partial charge in [-0.15, -0.1) is 0 Å². The van der Waals surface area contributed by atoms with Crippen LogP contribution in [0.25, 0.3) is 0 Å². The molecule has 0 fully saturated rings. The molecule has 82 valence electrons. The Kier molecular flexibility index (Phi) is 2.44. The third kappa shape index (κ3) is 1.46. The zero-order valence-electron chi connectivity index (χ0n) is 8.60. The molecule has 0 aromatic heterocycles. The van der Waals surface area contributed by atoms with E-state index in [-0.39, 0.29) is 6.54 Å². The minimum Gasteiger partial charge on any atom is -0.468 e. The zero-order valence-corrected chi connectivity index (χ0v) is 8.60. The maximum atomic E-state index is 11.8. The molecule has 0 bridgehead atoms. The molecule has 1 aromatic rings. The Hall–Kier alpha value is -2.17. The van der Waals surface area contributed by atoms with Crippen molar-refractivity contribution in [3.63, 3.8) is 0 Å². The summed E-state index contributed by atoms with van der Waals surface area (Å²) >= 11 is 0. The predicted octanol–water partition coefficient (Wildman–Crippen LogP) is 0.456. The highest BCUT2D eigenvalue weighted by molar-refractivity contribution is 6.22. The predicted molar refractivity (Wildman–Crippen MR) is 53.8 cm³/mol. The van der Waals surface area contributed by atoms with Crippen molar-refractivity contribution in [2.45, 2.75) is 0 Å². The van der Waals surface area contributed by atoms with Crippen molar-refractivity contribution in [2.75, 3.05) is 13.7 Å². The third-order valence-corrected chi connectivity index (χ3v) is 2.39. The Morgan fingerprint density at radius 1 is 1.19 bits per heavy atom. The lowest BCUT2D eigenvalue weighted by atomic mass is 10.1. The quantitative estimate of drug-likeness (QED) is 0.535.